The molecule has 0 atom stereocenters. The molecule has 0 aliphatic carbocycles. The smallest absolute Gasteiger partial charge is 0.358 e. The van der Waals surface area contributed by atoms with E-state index in [1.54, 1.807) is 12.1 Å². The second kappa shape index (κ2) is 6.69. The first-order valence-electron chi connectivity index (χ1n) is 6.65. The molecule has 110 valence electrons. The summed E-state index contributed by atoms with van der Waals surface area (Å²) in [6.07, 6.45) is 0. The number of anilines is 2. The zero-order chi connectivity index (χ0) is 15.2. The van der Waals surface area contributed by atoms with Crippen LogP contribution in [0.5, 0.6) is 0 Å². The fraction of sp³-hybridized carbons (Fsp3) is 0.267. The Bertz CT molecular complexity index is 613. The minimum absolute atomic E-state index is 0.196. The molecule has 2 rings (SSSR count). The molecule has 0 fully saturated rings. The third-order valence-electron chi connectivity index (χ3n) is 3.08. The lowest BCUT2D eigenvalue weighted by atomic mass is 10.2. The number of methoxy groups -OCH3 is 1. The van der Waals surface area contributed by atoms with Gasteiger partial charge in [0, 0.05) is 18.8 Å². The number of benzene rings is 1. The van der Waals surface area contributed by atoms with Crippen LogP contribution in [0.3, 0.4) is 0 Å². The van der Waals surface area contributed by atoms with Crippen LogP contribution < -0.4 is 10.6 Å². The standard InChI is InChI=1S/C15H18N4O2/c1-3-19(10-11-5-4-6-12(16)9-11)14-8-7-13(17-18-14)15(20)21-2/h4-9H,3,10,16H2,1-2H3. The van der Waals surface area contributed by atoms with E-state index in [-0.39, 0.29) is 5.69 Å². The van der Waals surface area contributed by atoms with Gasteiger partial charge in [0.15, 0.2) is 11.5 Å². The van der Waals surface area contributed by atoms with Gasteiger partial charge in [-0.2, -0.15) is 0 Å². The Labute approximate surface area is 123 Å². The number of hydrogen-bond donors (Lipinski definition) is 1. The minimum Gasteiger partial charge on any atom is -0.464 e. The Balaban J connectivity index is 2.15. The van der Waals surface area contributed by atoms with Gasteiger partial charge in [-0.15, -0.1) is 10.2 Å². The van der Waals surface area contributed by atoms with Crippen LogP contribution in [-0.4, -0.2) is 29.8 Å². The number of nitrogens with two attached hydrogens (primary N) is 1. The average Bonchev–Trinajstić information content (AvgIpc) is 2.52. The molecule has 6 heteroatoms. The Morgan fingerprint density at radius 2 is 2.10 bits per heavy atom. The van der Waals surface area contributed by atoms with Crippen molar-refractivity contribution >= 4 is 17.5 Å². The molecule has 2 aromatic rings. The molecule has 0 saturated carbocycles. The molecule has 0 amide bonds. The summed E-state index contributed by atoms with van der Waals surface area (Å²) in [5.41, 5.74) is 7.81. The first kappa shape index (κ1) is 14.8. The molecule has 0 aliphatic rings. The minimum atomic E-state index is -0.493. The molecule has 1 aromatic heterocycles. The maximum Gasteiger partial charge on any atom is 0.358 e. The molecule has 21 heavy (non-hydrogen) atoms. The molecule has 2 N–H and O–H groups in total. The van der Waals surface area contributed by atoms with Gasteiger partial charge in [-0.3, -0.25) is 0 Å². The largest absolute Gasteiger partial charge is 0.464 e. The Hall–Kier alpha value is -2.63. The van der Waals surface area contributed by atoms with Gasteiger partial charge in [-0.25, -0.2) is 4.79 Å². The van der Waals surface area contributed by atoms with Crippen molar-refractivity contribution in [3.05, 3.63) is 47.7 Å². The first-order chi connectivity index (χ1) is 10.1. The Kier molecular flexibility index (Phi) is 4.71. The van der Waals surface area contributed by atoms with Crippen molar-refractivity contribution in [1.82, 2.24) is 10.2 Å². The number of ether oxygens (including phenoxy) is 1. The first-order valence-corrected chi connectivity index (χ1v) is 6.65. The molecular weight excluding hydrogens is 268 g/mol. The number of hydrogen-bond acceptors (Lipinski definition) is 6. The Morgan fingerprint density at radius 3 is 2.67 bits per heavy atom. The van der Waals surface area contributed by atoms with Gasteiger partial charge in [0.2, 0.25) is 0 Å². The highest BCUT2D eigenvalue weighted by atomic mass is 16.5. The van der Waals surface area contributed by atoms with Crippen LogP contribution in [0.1, 0.15) is 23.0 Å². The van der Waals surface area contributed by atoms with Crippen molar-refractivity contribution in [2.75, 3.05) is 24.3 Å². The summed E-state index contributed by atoms with van der Waals surface area (Å²) in [6, 6.07) is 11.1. The summed E-state index contributed by atoms with van der Waals surface area (Å²) < 4.78 is 4.60. The molecule has 0 radical (unpaired) electrons. The fourth-order valence-electron chi connectivity index (χ4n) is 1.97. The molecule has 0 spiro atoms. The summed E-state index contributed by atoms with van der Waals surface area (Å²) in [5, 5.41) is 7.97. The molecule has 0 bridgehead atoms. The van der Waals surface area contributed by atoms with Crippen LogP contribution in [0.25, 0.3) is 0 Å². The maximum atomic E-state index is 11.3. The highest BCUT2D eigenvalue weighted by molar-refractivity contribution is 5.86. The van der Waals surface area contributed by atoms with Crippen molar-refractivity contribution in [3.63, 3.8) is 0 Å². The lowest BCUT2D eigenvalue weighted by molar-refractivity contribution is 0.0592. The third-order valence-corrected chi connectivity index (χ3v) is 3.08. The SMILES string of the molecule is CCN(Cc1cccc(N)c1)c1ccc(C(=O)OC)nn1. The molecule has 6 nitrogen and oxygen atoms in total. The van der Waals surface area contributed by atoms with Crippen molar-refractivity contribution in [1.29, 1.82) is 0 Å². The van der Waals surface area contributed by atoms with Gasteiger partial charge in [-0.05, 0) is 36.8 Å². The monoisotopic (exact) mass is 286 g/mol. The van der Waals surface area contributed by atoms with Crippen molar-refractivity contribution < 1.29 is 9.53 Å². The quantitative estimate of drug-likeness (QED) is 0.667. The molecular formula is C15H18N4O2. The average molecular weight is 286 g/mol. The van der Waals surface area contributed by atoms with E-state index in [0.717, 1.165) is 17.8 Å². The molecule has 0 unspecified atom stereocenters. The molecule has 1 heterocycles. The Morgan fingerprint density at radius 1 is 1.29 bits per heavy atom. The number of nitrogen functional groups attached to an aromatic ring is 1. The van der Waals surface area contributed by atoms with E-state index in [1.165, 1.54) is 7.11 Å². The fourth-order valence-corrected chi connectivity index (χ4v) is 1.97. The van der Waals surface area contributed by atoms with Crippen LogP contribution in [0.15, 0.2) is 36.4 Å². The number of nitrogens with zero attached hydrogens (tertiary/aromatic N) is 3. The van der Waals surface area contributed by atoms with Crippen LogP contribution >= 0.6 is 0 Å². The van der Waals surface area contributed by atoms with Gasteiger partial charge in [0.1, 0.15) is 0 Å². The van der Waals surface area contributed by atoms with E-state index in [1.807, 2.05) is 36.1 Å². The third kappa shape index (κ3) is 3.68. The zero-order valence-corrected chi connectivity index (χ0v) is 12.1. The normalized spacial score (nSPS) is 10.2. The zero-order valence-electron chi connectivity index (χ0n) is 12.1. The maximum absolute atomic E-state index is 11.3. The second-order valence-corrected chi connectivity index (χ2v) is 4.53. The molecule has 0 saturated heterocycles. The van der Waals surface area contributed by atoms with Crippen LogP contribution in [0.4, 0.5) is 11.5 Å². The highest BCUT2D eigenvalue weighted by Crippen LogP contribution is 2.15. The van der Waals surface area contributed by atoms with Crippen molar-refractivity contribution in [3.8, 4) is 0 Å². The summed E-state index contributed by atoms with van der Waals surface area (Å²) in [5.74, 6) is 0.209. The van der Waals surface area contributed by atoms with Gasteiger partial charge >= 0.3 is 5.97 Å². The second-order valence-electron chi connectivity index (χ2n) is 4.53. The highest BCUT2D eigenvalue weighted by Gasteiger charge is 2.11. The molecule has 1 aromatic carbocycles. The summed E-state index contributed by atoms with van der Waals surface area (Å²) in [6.45, 7) is 3.47. The van der Waals surface area contributed by atoms with E-state index >= 15 is 0 Å². The van der Waals surface area contributed by atoms with Gasteiger partial charge < -0.3 is 15.4 Å². The van der Waals surface area contributed by atoms with E-state index in [0.29, 0.717) is 12.4 Å². The lowest BCUT2D eigenvalue weighted by Crippen LogP contribution is -2.23. The predicted octanol–water partition coefficient (Wildman–Crippen LogP) is 1.87. The van der Waals surface area contributed by atoms with Gasteiger partial charge in [0.05, 0.1) is 7.11 Å². The van der Waals surface area contributed by atoms with Gasteiger partial charge in [-0.1, -0.05) is 12.1 Å². The summed E-state index contributed by atoms with van der Waals surface area (Å²) in [7, 11) is 1.32. The summed E-state index contributed by atoms with van der Waals surface area (Å²) in [4.78, 5) is 13.4. The summed E-state index contributed by atoms with van der Waals surface area (Å²) >= 11 is 0. The lowest BCUT2D eigenvalue weighted by Gasteiger charge is -2.21. The number of carbonyl (C=O) groups excluding carboxylic acids is 1. The van der Waals surface area contributed by atoms with Crippen LogP contribution in [-0.2, 0) is 11.3 Å². The van der Waals surface area contributed by atoms with Crippen LogP contribution in [0.2, 0.25) is 0 Å². The number of carbonyl (C=O) groups is 1. The number of esters is 1. The van der Waals surface area contributed by atoms with Gasteiger partial charge in [0.25, 0.3) is 0 Å². The van der Waals surface area contributed by atoms with Crippen molar-refractivity contribution in [2.24, 2.45) is 0 Å². The number of aromatic nitrogens is 2. The van der Waals surface area contributed by atoms with E-state index in [4.69, 9.17) is 5.73 Å². The van der Waals surface area contributed by atoms with E-state index in [9.17, 15) is 4.79 Å². The van der Waals surface area contributed by atoms with E-state index < -0.39 is 5.97 Å². The topological polar surface area (TPSA) is 81.3 Å². The van der Waals surface area contributed by atoms with Crippen LogP contribution in [0, 0.1) is 0 Å². The molecule has 0 aliphatic heterocycles. The van der Waals surface area contributed by atoms with Crippen molar-refractivity contribution in [2.45, 2.75) is 13.5 Å². The number of rotatable bonds is 5. The van der Waals surface area contributed by atoms with E-state index in [2.05, 4.69) is 14.9 Å². The predicted molar refractivity (Wildman–Crippen MR) is 80.9 cm³/mol.